The number of nitro groups is 3. The Balaban J connectivity index is 3.71. The summed E-state index contributed by atoms with van der Waals surface area (Å²) < 4.78 is 0. The maximum absolute atomic E-state index is 10.7. The van der Waals surface area contributed by atoms with Gasteiger partial charge in [-0.15, -0.1) is 0 Å². The van der Waals surface area contributed by atoms with Crippen molar-refractivity contribution in [3.8, 4) is 0 Å². The Kier molecular flexibility index (Phi) is 3.14. The van der Waals surface area contributed by atoms with E-state index in [4.69, 9.17) is 5.84 Å². The van der Waals surface area contributed by atoms with Crippen LogP contribution in [0.1, 0.15) is 0 Å². The summed E-state index contributed by atoms with van der Waals surface area (Å²) in [5.74, 6) is 4.94. The number of nitrogens with two attached hydrogens (primary N) is 1. The van der Waals surface area contributed by atoms with Gasteiger partial charge in [-0.1, -0.05) is 0 Å². The molecule has 1 rings (SSSR count). The first kappa shape index (κ1) is 12.3. The van der Waals surface area contributed by atoms with Gasteiger partial charge >= 0.3 is 17.1 Å². The smallest absolute Gasteiger partial charge is 0.318 e. The predicted octanol–water partition coefficient (Wildman–Crippen LogP) is 0.697. The van der Waals surface area contributed by atoms with Crippen LogP contribution in [0.25, 0.3) is 0 Å². The average molecular weight is 243 g/mol. The van der Waals surface area contributed by atoms with E-state index in [2.05, 4.69) is 0 Å². The molecule has 0 atom stereocenters. The summed E-state index contributed by atoms with van der Waals surface area (Å²) in [6.45, 7) is 0. The minimum atomic E-state index is -1.21. The highest BCUT2D eigenvalue weighted by Gasteiger charge is 2.38. The lowest BCUT2D eigenvalue weighted by Gasteiger charge is -2.02. The molecule has 11 heteroatoms. The van der Waals surface area contributed by atoms with Crippen LogP contribution in [-0.2, 0) is 0 Å². The van der Waals surface area contributed by atoms with E-state index in [1.807, 2.05) is 5.43 Å². The molecule has 11 nitrogen and oxygen atoms in total. The maximum atomic E-state index is 10.7. The average Bonchev–Trinajstić information content (AvgIpc) is 2.26. The Morgan fingerprint density at radius 3 is 1.82 bits per heavy atom. The molecule has 0 bridgehead atoms. The molecule has 0 saturated heterocycles. The fraction of sp³-hybridized carbons (Fsp3) is 0. The van der Waals surface area contributed by atoms with Crippen molar-refractivity contribution in [2.75, 3.05) is 5.43 Å². The van der Waals surface area contributed by atoms with Gasteiger partial charge in [-0.2, -0.15) is 0 Å². The molecule has 3 N–H and O–H groups in total. The Morgan fingerprint density at radius 1 is 0.941 bits per heavy atom. The van der Waals surface area contributed by atoms with E-state index >= 15 is 0 Å². The molecule has 17 heavy (non-hydrogen) atoms. The number of nitrogens with one attached hydrogen (secondary N) is 1. The van der Waals surface area contributed by atoms with Crippen molar-refractivity contribution in [1.29, 1.82) is 0 Å². The zero-order chi connectivity index (χ0) is 13.2. The van der Waals surface area contributed by atoms with Crippen molar-refractivity contribution in [3.63, 3.8) is 0 Å². The summed E-state index contributed by atoms with van der Waals surface area (Å²) >= 11 is 0. The third-order valence-corrected chi connectivity index (χ3v) is 1.85. The van der Waals surface area contributed by atoms with Gasteiger partial charge in [0.05, 0.1) is 14.8 Å². The van der Waals surface area contributed by atoms with Crippen molar-refractivity contribution in [2.45, 2.75) is 0 Å². The quantitative estimate of drug-likeness (QED) is 0.442. The molecule has 1 aromatic carbocycles. The van der Waals surface area contributed by atoms with E-state index in [0.717, 1.165) is 12.1 Å². The normalized spacial score (nSPS) is 9.71. The standard InChI is InChI=1S/C6H5N5O6/c7-8-3-1-2-4(9(12)13)6(11(16)17)5(3)10(14)15/h1-2,8H,7H2. The van der Waals surface area contributed by atoms with Crippen LogP contribution in [0.15, 0.2) is 12.1 Å². The van der Waals surface area contributed by atoms with Gasteiger partial charge in [0.15, 0.2) is 0 Å². The van der Waals surface area contributed by atoms with Gasteiger partial charge in [-0.05, 0) is 6.07 Å². The molecule has 90 valence electrons. The van der Waals surface area contributed by atoms with Crippen LogP contribution in [0, 0.1) is 30.3 Å². The van der Waals surface area contributed by atoms with Gasteiger partial charge in [0, 0.05) is 6.07 Å². The van der Waals surface area contributed by atoms with E-state index in [9.17, 15) is 30.3 Å². The number of benzene rings is 1. The number of nitrogens with zero attached hydrogens (tertiary/aromatic N) is 3. The fourth-order valence-electron chi connectivity index (χ4n) is 1.20. The van der Waals surface area contributed by atoms with Crippen LogP contribution in [0.2, 0.25) is 0 Å². The second-order valence-electron chi connectivity index (χ2n) is 2.75. The SMILES string of the molecule is NNc1ccc([N+](=O)[O-])c([N+](=O)[O-])c1[N+](=O)[O-]. The monoisotopic (exact) mass is 243 g/mol. The third kappa shape index (κ3) is 2.07. The topological polar surface area (TPSA) is 167 Å². The molecule has 0 radical (unpaired) electrons. The summed E-state index contributed by atoms with van der Waals surface area (Å²) in [5, 5.41) is 31.8. The van der Waals surface area contributed by atoms with Crippen molar-refractivity contribution < 1.29 is 14.8 Å². The molecule has 0 aliphatic carbocycles. The lowest BCUT2D eigenvalue weighted by atomic mass is 10.2. The number of nitrogen functional groups attached to an aromatic ring is 1. The molecule has 0 spiro atoms. The minimum Gasteiger partial charge on any atom is -0.318 e. The Morgan fingerprint density at radius 2 is 1.47 bits per heavy atom. The highest BCUT2D eigenvalue weighted by molar-refractivity contribution is 5.78. The minimum absolute atomic E-state index is 0.382. The number of hydrogen-bond donors (Lipinski definition) is 2. The molecule has 0 saturated carbocycles. The molecule has 1 aromatic rings. The highest BCUT2D eigenvalue weighted by Crippen LogP contribution is 2.41. The van der Waals surface area contributed by atoms with Crippen molar-refractivity contribution in [3.05, 3.63) is 42.5 Å². The predicted molar refractivity (Wildman–Crippen MR) is 54.2 cm³/mol. The highest BCUT2D eigenvalue weighted by atomic mass is 16.6. The first-order valence-electron chi connectivity index (χ1n) is 3.97. The molecule has 0 fully saturated rings. The summed E-state index contributed by atoms with van der Waals surface area (Å²) in [6.07, 6.45) is 0. The molecule has 0 amide bonds. The third-order valence-electron chi connectivity index (χ3n) is 1.85. The Hall–Kier alpha value is -2.82. The number of nitro benzene ring substituents is 3. The van der Waals surface area contributed by atoms with Crippen LogP contribution in [0.4, 0.5) is 22.7 Å². The van der Waals surface area contributed by atoms with Crippen LogP contribution in [0.3, 0.4) is 0 Å². The molecule has 0 aromatic heterocycles. The van der Waals surface area contributed by atoms with E-state index < -0.39 is 31.8 Å². The lowest BCUT2D eigenvalue weighted by Crippen LogP contribution is -2.11. The van der Waals surface area contributed by atoms with Gasteiger partial charge in [-0.25, -0.2) is 0 Å². The van der Waals surface area contributed by atoms with E-state index in [1.165, 1.54) is 0 Å². The zero-order valence-electron chi connectivity index (χ0n) is 8.02. The lowest BCUT2D eigenvalue weighted by molar-refractivity contribution is -0.440. The molecule has 0 heterocycles. The second-order valence-corrected chi connectivity index (χ2v) is 2.75. The maximum Gasteiger partial charge on any atom is 0.424 e. The number of rotatable bonds is 4. The number of anilines is 1. The summed E-state index contributed by atoms with van der Waals surface area (Å²) in [6, 6.07) is 1.68. The van der Waals surface area contributed by atoms with E-state index in [-0.39, 0.29) is 5.69 Å². The zero-order valence-corrected chi connectivity index (χ0v) is 8.02. The van der Waals surface area contributed by atoms with Crippen molar-refractivity contribution in [1.82, 2.24) is 0 Å². The van der Waals surface area contributed by atoms with Crippen molar-refractivity contribution in [2.24, 2.45) is 5.84 Å². The Labute approximate surface area is 92.3 Å². The first-order chi connectivity index (χ1) is 7.90. The van der Waals surface area contributed by atoms with Gasteiger partial charge in [-0.3, -0.25) is 36.2 Å². The summed E-state index contributed by atoms with van der Waals surface area (Å²) in [7, 11) is 0. The molecule has 0 aliphatic heterocycles. The van der Waals surface area contributed by atoms with Gasteiger partial charge in [0.2, 0.25) is 0 Å². The van der Waals surface area contributed by atoms with Crippen LogP contribution in [-0.4, -0.2) is 14.8 Å². The number of hydrazine groups is 1. The Bertz CT molecular complexity index is 514. The molecular weight excluding hydrogens is 238 g/mol. The number of hydrogen-bond acceptors (Lipinski definition) is 8. The first-order valence-corrected chi connectivity index (χ1v) is 3.97. The largest absolute Gasteiger partial charge is 0.424 e. The molecule has 0 aliphatic rings. The van der Waals surface area contributed by atoms with Crippen LogP contribution < -0.4 is 11.3 Å². The van der Waals surface area contributed by atoms with Crippen LogP contribution >= 0.6 is 0 Å². The second kappa shape index (κ2) is 4.36. The van der Waals surface area contributed by atoms with Gasteiger partial charge in [0.1, 0.15) is 5.69 Å². The molecule has 0 unspecified atom stereocenters. The van der Waals surface area contributed by atoms with E-state index in [1.54, 1.807) is 0 Å². The summed E-state index contributed by atoms with van der Waals surface area (Å²) in [4.78, 5) is 28.5. The van der Waals surface area contributed by atoms with Crippen molar-refractivity contribution >= 4 is 22.7 Å². The van der Waals surface area contributed by atoms with Gasteiger partial charge < -0.3 is 5.43 Å². The molecular formula is C6H5N5O6. The van der Waals surface area contributed by atoms with Crippen LogP contribution in [0.5, 0.6) is 0 Å². The van der Waals surface area contributed by atoms with E-state index in [0.29, 0.717) is 0 Å². The van der Waals surface area contributed by atoms with Gasteiger partial charge in [0.25, 0.3) is 0 Å². The summed E-state index contributed by atoms with van der Waals surface area (Å²) in [5.41, 5.74) is -1.75. The fourth-order valence-corrected chi connectivity index (χ4v) is 1.20.